The smallest absolute Gasteiger partial charge is 0.309 e. The first-order valence-electron chi connectivity index (χ1n) is 7.20. The summed E-state index contributed by atoms with van der Waals surface area (Å²) < 4.78 is 11.1. The van der Waals surface area contributed by atoms with Crippen molar-refractivity contribution < 1.29 is 19.4 Å². The highest BCUT2D eigenvalue weighted by atomic mass is 16.5. The number of ether oxygens (including phenoxy) is 2. The molecule has 1 unspecified atom stereocenters. The summed E-state index contributed by atoms with van der Waals surface area (Å²) in [5.74, 6) is 0.460. The Labute approximate surface area is 126 Å². The van der Waals surface area contributed by atoms with Crippen LogP contribution in [0.3, 0.4) is 0 Å². The number of carbonyl (C=O) groups is 1. The fourth-order valence-electron chi connectivity index (χ4n) is 2.05. The molecule has 1 atom stereocenters. The van der Waals surface area contributed by atoms with Gasteiger partial charge in [-0.25, -0.2) is 0 Å². The molecule has 0 spiro atoms. The first-order chi connectivity index (χ1) is 9.81. The van der Waals surface area contributed by atoms with Gasteiger partial charge in [-0.1, -0.05) is 6.07 Å². The maximum Gasteiger partial charge on any atom is 0.309 e. The number of carboxylic acid groups (broad SMARTS) is 1. The van der Waals surface area contributed by atoms with Crippen LogP contribution in [0.5, 0.6) is 11.5 Å². The van der Waals surface area contributed by atoms with Crippen LogP contribution in [0.4, 0.5) is 0 Å². The van der Waals surface area contributed by atoms with Gasteiger partial charge in [-0.2, -0.15) is 0 Å². The SMILES string of the molecule is CCOc1ccc(C(N)CC(C)(C)C(=O)O)cc1OCC. The lowest BCUT2D eigenvalue weighted by Crippen LogP contribution is -2.28. The summed E-state index contributed by atoms with van der Waals surface area (Å²) in [5.41, 5.74) is 6.12. The first-order valence-corrected chi connectivity index (χ1v) is 7.20. The molecule has 0 radical (unpaired) electrons. The number of carboxylic acids is 1. The number of rotatable bonds is 8. The predicted octanol–water partition coefficient (Wildman–Crippen LogP) is 2.98. The molecule has 0 saturated heterocycles. The largest absolute Gasteiger partial charge is 0.490 e. The first kappa shape index (κ1) is 17.3. The van der Waals surface area contributed by atoms with Crippen molar-refractivity contribution in [2.45, 2.75) is 40.2 Å². The average Bonchev–Trinajstić information content (AvgIpc) is 2.40. The van der Waals surface area contributed by atoms with Gasteiger partial charge in [-0.3, -0.25) is 4.79 Å². The van der Waals surface area contributed by atoms with E-state index in [1.807, 2.05) is 32.0 Å². The molecule has 1 rings (SSSR count). The van der Waals surface area contributed by atoms with E-state index in [9.17, 15) is 9.90 Å². The van der Waals surface area contributed by atoms with Gasteiger partial charge in [0.05, 0.1) is 18.6 Å². The molecular formula is C16H25NO4. The number of hydrogen-bond donors (Lipinski definition) is 2. The summed E-state index contributed by atoms with van der Waals surface area (Å²) in [5, 5.41) is 9.19. The summed E-state index contributed by atoms with van der Waals surface area (Å²) in [7, 11) is 0. The van der Waals surface area contributed by atoms with Crippen LogP contribution in [0.25, 0.3) is 0 Å². The fraction of sp³-hybridized carbons (Fsp3) is 0.562. The maximum absolute atomic E-state index is 11.2. The van der Waals surface area contributed by atoms with Gasteiger partial charge >= 0.3 is 5.97 Å². The highest BCUT2D eigenvalue weighted by Crippen LogP contribution is 2.34. The summed E-state index contributed by atoms with van der Waals surface area (Å²) in [6, 6.07) is 5.14. The Balaban J connectivity index is 2.97. The quantitative estimate of drug-likeness (QED) is 0.770. The average molecular weight is 295 g/mol. The van der Waals surface area contributed by atoms with Crippen LogP contribution in [-0.2, 0) is 4.79 Å². The van der Waals surface area contributed by atoms with E-state index in [-0.39, 0.29) is 6.04 Å². The normalized spacial score (nSPS) is 12.8. The molecule has 5 heteroatoms. The summed E-state index contributed by atoms with van der Waals surface area (Å²) >= 11 is 0. The lowest BCUT2D eigenvalue weighted by Gasteiger charge is -2.24. The molecule has 0 aromatic heterocycles. The van der Waals surface area contributed by atoms with Gasteiger partial charge in [0.2, 0.25) is 0 Å². The Kier molecular flexibility index (Phi) is 6.03. The second-order valence-electron chi connectivity index (χ2n) is 5.57. The monoisotopic (exact) mass is 295 g/mol. The third kappa shape index (κ3) is 4.63. The minimum atomic E-state index is -0.871. The molecule has 0 saturated carbocycles. The second kappa shape index (κ2) is 7.31. The number of aliphatic carboxylic acids is 1. The van der Waals surface area contributed by atoms with Crippen molar-refractivity contribution >= 4 is 5.97 Å². The predicted molar refractivity (Wildman–Crippen MR) is 81.7 cm³/mol. The zero-order valence-electron chi connectivity index (χ0n) is 13.2. The third-order valence-corrected chi connectivity index (χ3v) is 3.30. The lowest BCUT2D eigenvalue weighted by molar-refractivity contribution is -0.147. The van der Waals surface area contributed by atoms with Crippen molar-refractivity contribution in [1.82, 2.24) is 0 Å². The minimum absolute atomic E-state index is 0.349. The topological polar surface area (TPSA) is 81.8 Å². The van der Waals surface area contributed by atoms with E-state index in [2.05, 4.69) is 0 Å². The molecule has 1 aromatic carbocycles. The number of benzene rings is 1. The molecule has 21 heavy (non-hydrogen) atoms. The van der Waals surface area contributed by atoms with E-state index in [1.54, 1.807) is 13.8 Å². The van der Waals surface area contributed by atoms with Crippen LogP contribution in [0.15, 0.2) is 18.2 Å². The molecule has 0 bridgehead atoms. The number of hydrogen-bond acceptors (Lipinski definition) is 4. The second-order valence-corrected chi connectivity index (χ2v) is 5.57. The summed E-state index contributed by atoms with van der Waals surface area (Å²) in [6.45, 7) is 8.23. The summed E-state index contributed by atoms with van der Waals surface area (Å²) in [4.78, 5) is 11.2. The molecule has 0 heterocycles. The van der Waals surface area contributed by atoms with E-state index in [4.69, 9.17) is 15.2 Å². The van der Waals surface area contributed by atoms with E-state index in [1.165, 1.54) is 0 Å². The van der Waals surface area contributed by atoms with Crippen LogP contribution in [0, 0.1) is 5.41 Å². The van der Waals surface area contributed by atoms with Gasteiger partial charge < -0.3 is 20.3 Å². The van der Waals surface area contributed by atoms with Crippen LogP contribution in [-0.4, -0.2) is 24.3 Å². The summed E-state index contributed by atoms with van der Waals surface area (Å²) in [6.07, 6.45) is 0.349. The molecule has 0 aliphatic heterocycles. The van der Waals surface area contributed by atoms with E-state index in [0.717, 1.165) is 5.56 Å². The van der Waals surface area contributed by atoms with Gasteiger partial charge in [0.15, 0.2) is 11.5 Å². The van der Waals surface area contributed by atoms with Crippen molar-refractivity contribution in [2.24, 2.45) is 11.1 Å². The molecule has 0 amide bonds. The fourth-order valence-corrected chi connectivity index (χ4v) is 2.05. The maximum atomic E-state index is 11.2. The van der Waals surface area contributed by atoms with Crippen molar-refractivity contribution in [3.8, 4) is 11.5 Å². The van der Waals surface area contributed by atoms with Crippen LogP contribution in [0.2, 0.25) is 0 Å². The Morgan fingerprint density at radius 2 is 1.81 bits per heavy atom. The van der Waals surface area contributed by atoms with Crippen LogP contribution < -0.4 is 15.2 Å². The van der Waals surface area contributed by atoms with Gasteiger partial charge in [0.1, 0.15) is 0 Å². The minimum Gasteiger partial charge on any atom is -0.490 e. The van der Waals surface area contributed by atoms with E-state index in [0.29, 0.717) is 31.1 Å². The van der Waals surface area contributed by atoms with Crippen molar-refractivity contribution in [1.29, 1.82) is 0 Å². The molecular weight excluding hydrogens is 270 g/mol. The molecule has 0 aliphatic rings. The van der Waals surface area contributed by atoms with Gasteiger partial charge in [-0.05, 0) is 51.8 Å². The zero-order chi connectivity index (χ0) is 16.0. The van der Waals surface area contributed by atoms with Crippen LogP contribution >= 0.6 is 0 Å². The van der Waals surface area contributed by atoms with E-state index >= 15 is 0 Å². The highest BCUT2D eigenvalue weighted by molar-refractivity contribution is 5.73. The third-order valence-electron chi connectivity index (χ3n) is 3.30. The standard InChI is InChI=1S/C16H25NO4/c1-5-20-13-8-7-11(9-14(13)21-6-2)12(17)10-16(3,4)15(18)19/h7-9,12H,5-6,10,17H2,1-4H3,(H,18,19). The van der Waals surface area contributed by atoms with Crippen molar-refractivity contribution in [3.63, 3.8) is 0 Å². The molecule has 5 nitrogen and oxygen atoms in total. The van der Waals surface area contributed by atoms with Gasteiger partial charge in [0, 0.05) is 6.04 Å². The van der Waals surface area contributed by atoms with E-state index < -0.39 is 11.4 Å². The lowest BCUT2D eigenvalue weighted by atomic mass is 9.84. The molecule has 3 N–H and O–H groups in total. The molecule has 0 aliphatic carbocycles. The Bertz CT molecular complexity index is 485. The zero-order valence-corrected chi connectivity index (χ0v) is 13.2. The Hall–Kier alpha value is -1.75. The highest BCUT2D eigenvalue weighted by Gasteiger charge is 2.30. The Morgan fingerprint density at radius 1 is 1.24 bits per heavy atom. The molecule has 0 fully saturated rings. The molecule has 1 aromatic rings. The van der Waals surface area contributed by atoms with Crippen molar-refractivity contribution in [2.75, 3.05) is 13.2 Å². The van der Waals surface area contributed by atoms with Gasteiger partial charge in [-0.15, -0.1) is 0 Å². The van der Waals surface area contributed by atoms with Crippen LogP contribution in [0.1, 0.15) is 45.7 Å². The molecule has 118 valence electrons. The Morgan fingerprint density at radius 3 is 2.33 bits per heavy atom. The van der Waals surface area contributed by atoms with Gasteiger partial charge in [0.25, 0.3) is 0 Å². The van der Waals surface area contributed by atoms with Crippen molar-refractivity contribution in [3.05, 3.63) is 23.8 Å². The number of nitrogens with two attached hydrogens (primary N) is 1.